The Morgan fingerprint density at radius 3 is 1.67 bits per heavy atom. The van der Waals surface area contributed by atoms with Gasteiger partial charge in [0.15, 0.2) is 8.32 Å². The molecule has 0 N–H and O–H groups in total. The molecule has 0 atom stereocenters. The molecule has 0 saturated carbocycles. The zero-order valence-electron chi connectivity index (χ0n) is 15.2. The summed E-state index contributed by atoms with van der Waals surface area (Å²) in [6.45, 7) is 12.5. The second-order valence-corrected chi connectivity index (χ2v) is 12.6. The summed E-state index contributed by atoms with van der Waals surface area (Å²) in [5.74, 6) is 0. The van der Waals surface area contributed by atoms with Gasteiger partial charge < -0.3 is 9.22 Å². The third-order valence-electron chi connectivity index (χ3n) is 4.74. The van der Waals surface area contributed by atoms with Crippen LogP contribution in [0, 0.1) is 0 Å². The van der Waals surface area contributed by atoms with Crippen molar-refractivity contribution in [3.63, 3.8) is 0 Å². The van der Waals surface area contributed by atoms with Crippen LogP contribution in [0.25, 0.3) is 0 Å². The van der Waals surface area contributed by atoms with Gasteiger partial charge in [-0.3, -0.25) is 0 Å². The Morgan fingerprint density at radius 1 is 0.810 bits per heavy atom. The van der Waals surface area contributed by atoms with Gasteiger partial charge >= 0.3 is 0 Å². The number of hydrogen-bond donors (Lipinski definition) is 0. The minimum absolute atomic E-state index is 0.330. The molecule has 0 aromatic carbocycles. The molecule has 0 bridgehead atoms. The third-order valence-corrected chi connectivity index (χ3v) is 9.27. The summed E-state index contributed by atoms with van der Waals surface area (Å²) in [6.07, 6.45) is 13.3. The number of rotatable bonds is 13. The minimum Gasteiger partial charge on any atom is -0.417 e. The lowest BCUT2D eigenvalue weighted by Crippen LogP contribution is -2.40. The standard InChI is InChI=1S/C18H38O2Si/c1-18(2,3)21(4,5)20-17-15-13-11-9-7-6-8-10-12-14-16-19/h16H,6-15,17H2,1-5H3. The molecule has 3 heteroatoms. The molecule has 0 saturated heterocycles. The fourth-order valence-corrected chi connectivity index (χ4v) is 3.20. The molecule has 0 heterocycles. The quantitative estimate of drug-likeness (QED) is 0.233. The monoisotopic (exact) mass is 314 g/mol. The topological polar surface area (TPSA) is 26.3 Å². The van der Waals surface area contributed by atoms with Gasteiger partial charge in [-0.1, -0.05) is 65.7 Å². The van der Waals surface area contributed by atoms with Crippen LogP contribution in [0.3, 0.4) is 0 Å². The Balaban J connectivity index is 3.32. The highest BCUT2D eigenvalue weighted by atomic mass is 28.4. The van der Waals surface area contributed by atoms with Gasteiger partial charge in [-0.25, -0.2) is 0 Å². The summed E-state index contributed by atoms with van der Waals surface area (Å²) in [5, 5.41) is 0.330. The van der Waals surface area contributed by atoms with E-state index in [1.165, 1.54) is 51.4 Å². The predicted molar refractivity (Wildman–Crippen MR) is 95.4 cm³/mol. The lowest BCUT2D eigenvalue weighted by Gasteiger charge is -2.36. The van der Waals surface area contributed by atoms with E-state index in [1.807, 2.05) is 0 Å². The average molecular weight is 315 g/mol. The van der Waals surface area contributed by atoms with Crippen molar-refractivity contribution in [2.24, 2.45) is 0 Å². The normalized spacial score (nSPS) is 12.6. The van der Waals surface area contributed by atoms with Gasteiger partial charge in [0, 0.05) is 13.0 Å². The van der Waals surface area contributed by atoms with Crippen LogP contribution in [-0.2, 0) is 9.22 Å². The van der Waals surface area contributed by atoms with Crippen LogP contribution in [0.2, 0.25) is 18.1 Å². The lowest BCUT2D eigenvalue weighted by molar-refractivity contribution is -0.107. The van der Waals surface area contributed by atoms with Gasteiger partial charge in [-0.05, 0) is 31.0 Å². The van der Waals surface area contributed by atoms with Crippen molar-refractivity contribution in [3.8, 4) is 0 Å². The second kappa shape index (κ2) is 11.4. The third kappa shape index (κ3) is 11.1. The maximum absolute atomic E-state index is 10.2. The molecule has 21 heavy (non-hydrogen) atoms. The maximum Gasteiger partial charge on any atom is 0.191 e. The SMILES string of the molecule is CC(C)(C)[Si](C)(C)OCCCCCCCCCCCC=O. The van der Waals surface area contributed by atoms with E-state index in [0.717, 1.165) is 25.7 Å². The molecule has 0 unspecified atom stereocenters. The Hall–Kier alpha value is -0.153. The molecule has 0 amide bonds. The maximum atomic E-state index is 10.2. The molecule has 0 radical (unpaired) electrons. The Bertz CT molecular complexity index is 256. The van der Waals surface area contributed by atoms with Gasteiger partial charge in [0.25, 0.3) is 0 Å². The van der Waals surface area contributed by atoms with E-state index in [1.54, 1.807) is 0 Å². The minimum atomic E-state index is -1.53. The highest BCUT2D eigenvalue weighted by molar-refractivity contribution is 6.74. The van der Waals surface area contributed by atoms with Crippen molar-refractivity contribution in [1.82, 2.24) is 0 Å². The van der Waals surface area contributed by atoms with E-state index in [2.05, 4.69) is 33.9 Å². The van der Waals surface area contributed by atoms with Crippen LogP contribution in [0.5, 0.6) is 0 Å². The molecule has 0 spiro atoms. The Labute approximate surface area is 134 Å². The van der Waals surface area contributed by atoms with Crippen molar-refractivity contribution in [2.45, 2.75) is 103 Å². The van der Waals surface area contributed by atoms with Crippen LogP contribution in [-0.4, -0.2) is 21.2 Å². The largest absolute Gasteiger partial charge is 0.417 e. The summed E-state index contributed by atoms with van der Waals surface area (Å²) in [5.41, 5.74) is 0. The molecule has 0 aliphatic carbocycles. The van der Waals surface area contributed by atoms with Gasteiger partial charge in [0.1, 0.15) is 6.29 Å². The van der Waals surface area contributed by atoms with Crippen LogP contribution in [0.15, 0.2) is 0 Å². The van der Waals surface area contributed by atoms with E-state index >= 15 is 0 Å². The lowest BCUT2D eigenvalue weighted by atomic mass is 10.1. The summed E-state index contributed by atoms with van der Waals surface area (Å²) in [7, 11) is -1.53. The van der Waals surface area contributed by atoms with E-state index in [0.29, 0.717) is 5.04 Å². The first-order chi connectivity index (χ1) is 9.81. The Kier molecular flexibility index (Phi) is 11.3. The molecule has 0 rings (SSSR count). The molecule has 126 valence electrons. The van der Waals surface area contributed by atoms with Gasteiger partial charge in [0.2, 0.25) is 0 Å². The number of carbonyl (C=O) groups excluding carboxylic acids is 1. The predicted octanol–water partition coefficient (Wildman–Crippen LogP) is 6.11. The number of unbranched alkanes of at least 4 members (excludes halogenated alkanes) is 9. The van der Waals surface area contributed by atoms with Crippen LogP contribution in [0.4, 0.5) is 0 Å². The molecule has 0 aliphatic heterocycles. The van der Waals surface area contributed by atoms with Crippen LogP contribution < -0.4 is 0 Å². The highest BCUT2D eigenvalue weighted by Crippen LogP contribution is 2.36. The highest BCUT2D eigenvalue weighted by Gasteiger charge is 2.36. The first kappa shape index (κ1) is 20.8. The van der Waals surface area contributed by atoms with Crippen LogP contribution >= 0.6 is 0 Å². The molecule has 0 aromatic rings. The fraction of sp³-hybridized carbons (Fsp3) is 0.944. The smallest absolute Gasteiger partial charge is 0.191 e. The summed E-state index contributed by atoms with van der Waals surface area (Å²) >= 11 is 0. The fourth-order valence-electron chi connectivity index (χ4n) is 2.11. The summed E-state index contributed by atoms with van der Waals surface area (Å²) in [4.78, 5) is 10.2. The van der Waals surface area contributed by atoms with E-state index in [4.69, 9.17) is 4.43 Å². The van der Waals surface area contributed by atoms with Crippen molar-refractivity contribution in [3.05, 3.63) is 0 Å². The number of carbonyl (C=O) groups is 1. The van der Waals surface area contributed by atoms with E-state index in [-0.39, 0.29) is 0 Å². The molecule has 0 aliphatic rings. The van der Waals surface area contributed by atoms with E-state index in [9.17, 15) is 4.79 Å². The molecule has 2 nitrogen and oxygen atoms in total. The number of hydrogen-bond acceptors (Lipinski definition) is 2. The summed E-state index contributed by atoms with van der Waals surface area (Å²) in [6, 6.07) is 0. The van der Waals surface area contributed by atoms with Crippen molar-refractivity contribution < 1.29 is 9.22 Å². The molecular weight excluding hydrogens is 276 g/mol. The number of aldehydes is 1. The van der Waals surface area contributed by atoms with Crippen molar-refractivity contribution in [2.75, 3.05) is 6.61 Å². The zero-order valence-corrected chi connectivity index (χ0v) is 16.2. The van der Waals surface area contributed by atoms with Gasteiger partial charge in [0.05, 0.1) is 0 Å². The molecular formula is C18H38O2Si. The first-order valence-electron chi connectivity index (χ1n) is 8.89. The average Bonchev–Trinajstić information content (AvgIpc) is 2.38. The summed E-state index contributed by atoms with van der Waals surface area (Å²) < 4.78 is 6.19. The van der Waals surface area contributed by atoms with Gasteiger partial charge in [-0.2, -0.15) is 0 Å². The molecule has 0 aromatic heterocycles. The van der Waals surface area contributed by atoms with Crippen LogP contribution in [0.1, 0.15) is 85.0 Å². The van der Waals surface area contributed by atoms with E-state index < -0.39 is 8.32 Å². The second-order valence-electron chi connectivity index (χ2n) is 7.75. The van der Waals surface area contributed by atoms with Crippen molar-refractivity contribution >= 4 is 14.6 Å². The first-order valence-corrected chi connectivity index (χ1v) is 11.8. The Morgan fingerprint density at radius 2 is 1.24 bits per heavy atom. The molecule has 0 fully saturated rings. The zero-order chi connectivity index (χ0) is 16.2. The van der Waals surface area contributed by atoms with Crippen molar-refractivity contribution in [1.29, 1.82) is 0 Å². The van der Waals surface area contributed by atoms with Gasteiger partial charge in [-0.15, -0.1) is 0 Å².